The van der Waals surface area contributed by atoms with Gasteiger partial charge in [-0.05, 0) is 72.4 Å². The second-order valence-electron chi connectivity index (χ2n) is 11.6. The van der Waals surface area contributed by atoms with Crippen LogP contribution in [0.1, 0.15) is 29.2 Å². The van der Waals surface area contributed by atoms with E-state index in [9.17, 15) is 28.2 Å². The second-order valence-corrected chi connectivity index (χ2v) is 12.0. The lowest BCUT2D eigenvalue weighted by Gasteiger charge is -2.33. The number of alkyl halides is 3. The Hall–Kier alpha value is -4.36. The molecule has 0 radical (unpaired) electrons. The van der Waals surface area contributed by atoms with Gasteiger partial charge in [0.1, 0.15) is 24.2 Å². The zero-order valence-corrected chi connectivity index (χ0v) is 26.6. The quantitative estimate of drug-likeness (QED) is 0.156. The Morgan fingerprint density at radius 1 is 1.06 bits per heavy atom. The van der Waals surface area contributed by atoms with Crippen LogP contribution < -0.4 is 25.3 Å². The van der Waals surface area contributed by atoms with E-state index in [1.54, 1.807) is 43.6 Å². The standard InChI is InChI=1S/C35H35ClF3N3O6/c1-46-32-12-9-23(18-41-32)22-7-5-20(6-8-22)15-28(40)29(43)16-24(13-21-3-2-4-26(14-21)48-35(37,38)39)34(45)42-33-27-17-25(36)10-11-31(27)47-19-30(33)44/h2-12,14,17-18,24,28-30,33,43-44H,13,15-16,19,40H2,1H3,(H,42,45)/t24-,28+,29+,30-,33+/m1/s1. The third kappa shape index (κ3) is 9.16. The van der Waals surface area contributed by atoms with Crippen molar-refractivity contribution >= 4 is 17.5 Å². The number of rotatable bonds is 12. The van der Waals surface area contributed by atoms with Gasteiger partial charge in [-0.1, -0.05) is 48.0 Å². The molecule has 254 valence electrons. The van der Waals surface area contributed by atoms with E-state index in [1.807, 2.05) is 30.3 Å². The molecular formula is C35H35ClF3N3O6. The van der Waals surface area contributed by atoms with E-state index in [-0.39, 0.29) is 25.9 Å². The summed E-state index contributed by atoms with van der Waals surface area (Å²) in [4.78, 5) is 18.1. The fraction of sp³-hybridized carbons (Fsp3) is 0.314. The van der Waals surface area contributed by atoms with Crippen LogP contribution in [0.3, 0.4) is 0 Å². The van der Waals surface area contributed by atoms with Gasteiger partial charge in [-0.2, -0.15) is 0 Å². The molecule has 5 atom stereocenters. The number of fused-ring (bicyclic) bond motifs is 1. The summed E-state index contributed by atoms with van der Waals surface area (Å²) in [7, 11) is 1.54. The molecule has 4 aromatic rings. The Labute approximate surface area is 280 Å². The van der Waals surface area contributed by atoms with Crippen molar-refractivity contribution in [1.29, 1.82) is 0 Å². The van der Waals surface area contributed by atoms with Gasteiger partial charge in [-0.25, -0.2) is 4.98 Å². The van der Waals surface area contributed by atoms with Crippen LogP contribution in [0.5, 0.6) is 17.4 Å². The highest BCUT2D eigenvalue weighted by Gasteiger charge is 2.35. The number of nitrogens with two attached hydrogens (primary N) is 1. The van der Waals surface area contributed by atoms with Crippen molar-refractivity contribution in [3.8, 4) is 28.5 Å². The van der Waals surface area contributed by atoms with Crippen LogP contribution in [-0.4, -0.2) is 59.4 Å². The van der Waals surface area contributed by atoms with Crippen LogP contribution in [-0.2, 0) is 17.6 Å². The van der Waals surface area contributed by atoms with Crippen molar-refractivity contribution in [2.24, 2.45) is 11.7 Å². The first-order valence-electron chi connectivity index (χ1n) is 15.2. The number of pyridine rings is 1. The van der Waals surface area contributed by atoms with E-state index in [4.69, 9.17) is 26.8 Å². The Morgan fingerprint density at radius 2 is 1.81 bits per heavy atom. The molecule has 0 fully saturated rings. The summed E-state index contributed by atoms with van der Waals surface area (Å²) < 4.78 is 53.5. The van der Waals surface area contributed by atoms with Gasteiger partial charge >= 0.3 is 6.36 Å². The number of halogens is 4. The fourth-order valence-corrected chi connectivity index (χ4v) is 5.81. The highest BCUT2D eigenvalue weighted by molar-refractivity contribution is 6.30. The molecule has 0 saturated carbocycles. The largest absolute Gasteiger partial charge is 0.573 e. The summed E-state index contributed by atoms with van der Waals surface area (Å²) >= 11 is 6.18. The predicted molar refractivity (Wildman–Crippen MR) is 173 cm³/mol. The Kier molecular flexibility index (Phi) is 11.1. The monoisotopic (exact) mass is 685 g/mol. The second kappa shape index (κ2) is 15.2. The molecule has 0 aliphatic carbocycles. The summed E-state index contributed by atoms with van der Waals surface area (Å²) in [5.41, 5.74) is 9.94. The Morgan fingerprint density at radius 3 is 2.50 bits per heavy atom. The number of nitrogens with one attached hydrogen (secondary N) is 1. The number of nitrogens with zero attached hydrogens (tertiary/aromatic N) is 1. The summed E-state index contributed by atoms with van der Waals surface area (Å²) in [6, 6.07) is 19.7. The predicted octanol–water partition coefficient (Wildman–Crippen LogP) is 5.40. The molecule has 48 heavy (non-hydrogen) atoms. The fourth-order valence-electron chi connectivity index (χ4n) is 5.63. The number of aliphatic hydroxyl groups is 2. The summed E-state index contributed by atoms with van der Waals surface area (Å²) in [5.74, 6) is -0.982. The first-order valence-corrected chi connectivity index (χ1v) is 15.5. The van der Waals surface area contributed by atoms with Crippen LogP contribution in [0.15, 0.2) is 85.1 Å². The smallest absolute Gasteiger partial charge is 0.490 e. The van der Waals surface area contributed by atoms with Crippen LogP contribution >= 0.6 is 11.6 Å². The number of aromatic nitrogens is 1. The van der Waals surface area contributed by atoms with Crippen molar-refractivity contribution in [2.45, 2.75) is 49.9 Å². The van der Waals surface area contributed by atoms with Crippen LogP contribution in [0.25, 0.3) is 11.1 Å². The molecule has 1 amide bonds. The lowest BCUT2D eigenvalue weighted by molar-refractivity contribution is -0.274. The number of aliphatic hydroxyl groups excluding tert-OH is 2. The lowest BCUT2D eigenvalue weighted by Crippen LogP contribution is -2.46. The van der Waals surface area contributed by atoms with Gasteiger partial charge in [0.25, 0.3) is 0 Å². The normalized spacial score (nSPS) is 17.8. The molecule has 1 aromatic heterocycles. The number of hydrogen-bond acceptors (Lipinski definition) is 8. The van der Waals surface area contributed by atoms with Gasteiger partial charge in [0.15, 0.2) is 0 Å². The van der Waals surface area contributed by atoms with Gasteiger partial charge in [0, 0.05) is 40.4 Å². The maximum absolute atomic E-state index is 13.8. The Balaban J connectivity index is 1.32. The van der Waals surface area contributed by atoms with Gasteiger partial charge in [0.2, 0.25) is 11.8 Å². The zero-order chi connectivity index (χ0) is 34.4. The van der Waals surface area contributed by atoms with Crippen molar-refractivity contribution in [1.82, 2.24) is 10.3 Å². The Bertz CT molecular complexity index is 1690. The number of hydrogen-bond donors (Lipinski definition) is 4. The third-order valence-corrected chi connectivity index (χ3v) is 8.34. The van der Waals surface area contributed by atoms with Crippen molar-refractivity contribution < 1.29 is 42.4 Å². The molecule has 9 nitrogen and oxygen atoms in total. The SMILES string of the molecule is COc1ccc(-c2ccc(C[C@H](N)[C@@H](O)C[C@@H](Cc3cccc(OC(F)(F)F)c3)C(=O)N[C@H]3c4cc(Cl)ccc4OC[C@H]3O)cc2)cn1. The minimum atomic E-state index is -4.89. The highest BCUT2D eigenvalue weighted by Crippen LogP contribution is 2.35. The molecule has 1 aliphatic heterocycles. The van der Waals surface area contributed by atoms with E-state index in [2.05, 4.69) is 15.0 Å². The molecule has 1 aliphatic rings. The molecule has 5 N–H and O–H groups in total. The van der Waals surface area contributed by atoms with E-state index in [1.165, 1.54) is 12.1 Å². The van der Waals surface area contributed by atoms with E-state index in [0.29, 0.717) is 27.8 Å². The number of carbonyl (C=O) groups is 1. The number of amides is 1. The molecule has 13 heteroatoms. The first-order chi connectivity index (χ1) is 22.9. The number of benzene rings is 3. The molecule has 0 bridgehead atoms. The summed E-state index contributed by atoms with van der Waals surface area (Å²) in [5, 5.41) is 25.2. The molecule has 0 unspecified atom stereocenters. The van der Waals surface area contributed by atoms with Crippen LogP contribution in [0.4, 0.5) is 13.2 Å². The lowest BCUT2D eigenvalue weighted by atomic mass is 9.88. The average Bonchev–Trinajstić information content (AvgIpc) is 3.05. The number of ether oxygens (including phenoxy) is 3. The molecule has 5 rings (SSSR count). The summed E-state index contributed by atoms with van der Waals surface area (Å²) in [6.07, 6.45) is -5.33. The molecular weight excluding hydrogens is 651 g/mol. The zero-order valence-electron chi connectivity index (χ0n) is 25.9. The minimum absolute atomic E-state index is 0.0447. The maximum Gasteiger partial charge on any atom is 0.573 e. The molecule has 0 saturated heterocycles. The summed E-state index contributed by atoms with van der Waals surface area (Å²) in [6.45, 7) is -0.0810. The van der Waals surface area contributed by atoms with Crippen molar-refractivity contribution in [2.75, 3.05) is 13.7 Å². The van der Waals surface area contributed by atoms with Gasteiger partial charge in [-0.15, -0.1) is 13.2 Å². The first kappa shape index (κ1) is 35.0. The molecule has 2 heterocycles. The minimum Gasteiger partial charge on any atom is -0.490 e. The van der Waals surface area contributed by atoms with Gasteiger partial charge in [-0.3, -0.25) is 4.79 Å². The van der Waals surface area contributed by atoms with Crippen molar-refractivity contribution in [3.63, 3.8) is 0 Å². The van der Waals surface area contributed by atoms with Crippen LogP contribution in [0, 0.1) is 5.92 Å². The highest BCUT2D eigenvalue weighted by atomic mass is 35.5. The number of carbonyl (C=O) groups excluding carboxylic acids is 1. The topological polar surface area (TPSA) is 136 Å². The number of methoxy groups -OCH3 is 1. The molecule has 0 spiro atoms. The maximum atomic E-state index is 13.8. The van der Waals surface area contributed by atoms with Crippen molar-refractivity contribution in [3.05, 3.63) is 107 Å². The van der Waals surface area contributed by atoms with Gasteiger partial charge in [0.05, 0.1) is 19.3 Å². The van der Waals surface area contributed by atoms with E-state index >= 15 is 0 Å². The van der Waals surface area contributed by atoms with Crippen LogP contribution in [0.2, 0.25) is 5.02 Å². The van der Waals surface area contributed by atoms with E-state index in [0.717, 1.165) is 22.8 Å². The third-order valence-electron chi connectivity index (χ3n) is 8.11. The molecule has 3 aromatic carbocycles. The van der Waals surface area contributed by atoms with Gasteiger partial charge < -0.3 is 35.5 Å². The average molecular weight is 686 g/mol. The van der Waals surface area contributed by atoms with E-state index < -0.39 is 48.2 Å².